The minimum absolute atomic E-state index is 0.120. The lowest BCUT2D eigenvalue weighted by atomic mass is 9.69. The largest absolute Gasteiger partial charge is 0.573 e. The van der Waals surface area contributed by atoms with Crippen LogP contribution in [-0.2, 0) is 16.4 Å². The first-order valence-electron chi connectivity index (χ1n) is 12.8. The Kier molecular flexibility index (Phi) is 8.11. The van der Waals surface area contributed by atoms with E-state index in [0.717, 1.165) is 29.8 Å². The molecular weight excluding hydrogens is 596 g/mol. The molecule has 4 aromatic rings. The third-order valence-corrected chi connectivity index (χ3v) is 7.10. The van der Waals surface area contributed by atoms with Crippen LogP contribution in [0, 0.1) is 0 Å². The number of hydrogen-bond acceptors (Lipinski definition) is 4. The molecule has 0 aliphatic carbocycles. The summed E-state index contributed by atoms with van der Waals surface area (Å²) in [5.74, 6) is -0.924. The van der Waals surface area contributed by atoms with Gasteiger partial charge in [-0.2, -0.15) is 18.3 Å². The van der Waals surface area contributed by atoms with Crippen LogP contribution in [0.15, 0.2) is 108 Å². The van der Waals surface area contributed by atoms with Crippen molar-refractivity contribution in [1.82, 2.24) is 5.01 Å². The molecular formula is C31H22ClF6N3O2. The van der Waals surface area contributed by atoms with Gasteiger partial charge >= 0.3 is 12.5 Å². The Morgan fingerprint density at radius 1 is 0.837 bits per heavy atom. The minimum atomic E-state index is -4.86. The van der Waals surface area contributed by atoms with Gasteiger partial charge in [0.15, 0.2) is 0 Å². The van der Waals surface area contributed by atoms with Crippen LogP contribution in [0.4, 0.5) is 32.0 Å². The van der Waals surface area contributed by atoms with Gasteiger partial charge in [0.2, 0.25) is 5.91 Å². The average molecular weight is 618 g/mol. The molecule has 0 bridgehead atoms. The van der Waals surface area contributed by atoms with Crippen LogP contribution >= 0.6 is 11.6 Å². The van der Waals surface area contributed by atoms with Crippen molar-refractivity contribution in [2.24, 2.45) is 5.10 Å². The number of hydrazone groups is 1. The molecule has 1 atom stereocenters. The maximum Gasteiger partial charge on any atom is 0.573 e. The Balaban J connectivity index is 1.51. The number of nitrogens with zero attached hydrogens (tertiary/aromatic N) is 2. The Morgan fingerprint density at radius 3 is 2.02 bits per heavy atom. The van der Waals surface area contributed by atoms with E-state index in [1.165, 1.54) is 29.3 Å². The molecule has 1 aliphatic rings. The Hall–Kier alpha value is -4.51. The summed E-state index contributed by atoms with van der Waals surface area (Å²) in [4.78, 5) is 13.0. The Bertz CT molecular complexity index is 1610. The first-order chi connectivity index (χ1) is 20.3. The van der Waals surface area contributed by atoms with Crippen molar-refractivity contribution in [3.8, 4) is 5.75 Å². The van der Waals surface area contributed by atoms with Gasteiger partial charge in [0.25, 0.3) is 0 Å². The van der Waals surface area contributed by atoms with E-state index in [1.807, 2.05) is 30.3 Å². The zero-order chi connectivity index (χ0) is 30.8. The molecule has 1 aliphatic heterocycles. The molecule has 5 rings (SSSR count). The van der Waals surface area contributed by atoms with Crippen molar-refractivity contribution >= 4 is 28.9 Å². The number of alkyl halides is 6. The van der Waals surface area contributed by atoms with E-state index >= 15 is 0 Å². The minimum Gasteiger partial charge on any atom is -0.406 e. The summed E-state index contributed by atoms with van der Waals surface area (Å²) < 4.78 is 81.4. The quantitative estimate of drug-likeness (QED) is 0.215. The lowest BCUT2D eigenvalue weighted by molar-refractivity contribution is -0.274. The third-order valence-electron chi connectivity index (χ3n) is 6.85. The second-order valence-electron chi connectivity index (χ2n) is 9.74. The van der Waals surface area contributed by atoms with Crippen LogP contribution in [0.25, 0.3) is 0 Å². The van der Waals surface area contributed by atoms with Gasteiger partial charge in [-0.05, 0) is 65.2 Å². The maximum atomic E-state index is 13.0. The zero-order valence-electron chi connectivity index (χ0n) is 22.1. The van der Waals surface area contributed by atoms with Gasteiger partial charge in [-0.25, -0.2) is 0 Å². The van der Waals surface area contributed by atoms with E-state index in [0.29, 0.717) is 21.9 Å². The van der Waals surface area contributed by atoms with Crippen molar-refractivity contribution in [1.29, 1.82) is 0 Å². The van der Waals surface area contributed by atoms with Gasteiger partial charge in [0, 0.05) is 10.7 Å². The number of carbonyl (C=O) groups excluding carboxylic acids is 1. The van der Waals surface area contributed by atoms with Crippen LogP contribution in [0.3, 0.4) is 0 Å². The molecule has 12 heteroatoms. The van der Waals surface area contributed by atoms with E-state index in [4.69, 9.17) is 16.7 Å². The summed E-state index contributed by atoms with van der Waals surface area (Å²) in [5.41, 5.74) is 0.818. The Labute approximate surface area is 247 Å². The van der Waals surface area contributed by atoms with Crippen LogP contribution in [0.5, 0.6) is 5.75 Å². The molecule has 1 unspecified atom stereocenters. The molecule has 1 N–H and O–H groups in total. The van der Waals surface area contributed by atoms with E-state index in [-0.39, 0.29) is 18.8 Å². The summed E-state index contributed by atoms with van der Waals surface area (Å²) in [5, 5.41) is 9.37. The third kappa shape index (κ3) is 6.77. The predicted molar refractivity (Wildman–Crippen MR) is 150 cm³/mol. The molecule has 5 nitrogen and oxygen atoms in total. The van der Waals surface area contributed by atoms with Gasteiger partial charge in [0.1, 0.15) is 12.3 Å². The van der Waals surface area contributed by atoms with Gasteiger partial charge in [-0.3, -0.25) is 9.80 Å². The highest BCUT2D eigenvalue weighted by atomic mass is 35.5. The summed E-state index contributed by atoms with van der Waals surface area (Å²) in [7, 11) is 0. The standard InChI is InChI=1S/C31H22ClF6N3O2/c32-24-12-6-20(7-13-24)28-29(21-4-2-1-3-5-21,22-10-16-26(17-11-22)43-31(36,37)38)19-41(40-28)18-27(42)39-25-14-8-23(9-15-25)30(33,34)35/h1-17H,18-19H2,(H,39,42). The second kappa shape index (κ2) is 11.6. The molecule has 0 saturated carbocycles. The number of halogens is 7. The molecule has 4 aromatic carbocycles. The average Bonchev–Trinajstić information content (AvgIpc) is 3.33. The number of benzene rings is 4. The second-order valence-corrected chi connectivity index (χ2v) is 10.2. The van der Waals surface area contributed by atoms with Crippen molar-refractivity contribution in [3.05, 3.63) is 130 Å². The molecule has 1 amide bonds. The van der Waals surface area contributed by atoms with Crippen LogP contribution in [-0.4, -0.2) is 36.1 Å². The van der Waals surface area contributed by atoms with Crippen LogP contribution in [0.2, 0.25) is 5.02 Å². The maximum absolute atomic E-state index is 13.0. The lowest BCUT2D eigenvalue weighted by Crippen LogP contribution is -2.41. The van der Waals surface area contributed by atoms with E-state index in [1.54, 1.807) is 24.3 Å². The summed E-state index contributed by atoms with van der Waals surface area (Å²) in [6.45, 7) is -0.142. The van der Waals surface area contributed by atoms with Gasteiger partial charge in [0.05, 0.1) is 23.2 Å². The van der Waals surface area contributed by atoms with Gasteiger partial charge in [-0.15, -0.1) is 13.2 Å². The number of carbonyl (C=O) groups is 1. The fraction of sp³-hybridized carbons (Fsp3) is 0.161. The molecule has 43 heavy (non-hydrogen) atoms. The first kappa shape index (κ1) is 30.0. The van der Waals surface area contributed by atoms with Crippen molar-refractivity contribution in [3.63, 3.8) is 0 Å². The molecule has 0 fully saturated rings. The fourth-order valence-corrected chi connectivity index (χ4v) is 5.14. The van der Waals surface area contributed by atoms with E-state index in [9.17, 15) is 31.1 Å². The van der Waals surface area contributed by atoms with Crippen LogP contribution < -0.4 is 10.1 Å². The first-order valence-corrected chi connectivity index (χ1v) is 13.2. The fourth-order valence-electron chi connectivity index (χ4n) is 5.01. The summed E-state index contributed by atoms with van der Waals surface area (Å²) in [6, 6.07) is 25.6. The highest BCUT2D eigenvalue weighted by Crippen LogP contribution is 2.42. The lowest BCUT2D eigenvalue weighted by Gasteiger charge is -2.33. The smallest absolute Gasteiger partial charge is 0.406 e. The molecule has 0 radical (unpaired) electrons. The number of rotatable bonds is 7. The molecule has 0 saturated heterocycles. The molecule has 0 spiro atoms. The van der Waals surface area contributed by atoms with E-state index < -0.39 is 35.2 Å². The number of hydrogen-bond donors (Lipinski definition) is 1. The van der Waals surface area contributed by atoms with Crippen LogP contribution in [0.1, 0.15) is 22.3 Å². The van der Waals surface area contributed by atoms with E-state index in [2.05, 4.69) is 10.1 Å². The SMILES string of the molecule is O=C(CN1CC(c2ccccc2)(c2ccc(OC(F)(F)F)cc2)C(c2ccc(Cl)cc2)=N1)Nc1ccc(C(F)(F)F)cc1. The number of ether oxygens (including phenoxy) is 1. The van der Waals surface area contributed by atoms with Gasteiger partial charge in [-0.1, -0.05) is 66.2 Å². The summed E-state index contributed by atoms with van der Waals surface area (Å²) in [6.07, 6.45) is -9.37. The topological polar surface area (TPSA) is 53.9 Å². The van der Waals surface area contributed by atoms with Crippen molar-refractivity contribution in [2.75, 3.05) is 18.4 Å². The zero-order valence-corrected chi connectivity index (χ0v) is 22.8. The van der Waals surface area contributed by atoms with Crippen molar-refractivity contribution in [2.45, 2.75) is 18.0 Å². The molecule has 222 valence electrons. The van der Waals surface area contributed by atoms with Gasteiger partial charge < -0.3 is 10.1 Å². The monoisotopic (exact) mass is 617 g/mol. The Morgan fingerprint density at radius 2 is 1.44 bits per heavy atom. The number of anilines is 1. The summed E-state index contributed by atoms with van der Waals surface area (Å²) >= 11 is 6.13. The predicted octanol–water partition coefficient (Wildman–Crippen LogP) is 7.90. The highest BCUT2D eigenvalue weighted by molar-refractivity contribution is 6.30. The molecule has 1 heterocycles. The normalized spacial score (nSPS) is 17.0. The molecule has 0 aromatic heterocycles. The van der Waals surface area contributed by atoms with Crippen molar-refractivity contribution < 1.29 is 35.9 Å². The number of amides is 1. The highest BCUT2D eigenvalue weighted by Gasteiger charge is 2.47. The number of nitrogens with one attached hydrogen (secondary N) is 1.